The van der Waals surface area contributed by atoms with Gasteiger partial charge >= 0.3 is 6.10 Å². The molecule has 0 amide bonds. The highest BCUT2D eigenvalue weighted by atomic mass is 35.5. The Morgan fingerprint density at radius 1 is 1.38 bits per heavy atom. The van der Waals surface area contributed by atoms with Crippen molar-refractivity contribution in [1.29, 1.82) is 0 Å². The number of aliphatic imine (C=N–C) groups is 1. The summed E-state index contributed by atoms with van der Waals surface area (Å²) in [5.41, 5.74) is -0.197. The molecule has 0 aliphatic carbocycles. The first kappa shape index (κ1) is 27.6. The Morgan fingerprint density at radius 3 is 2.53 bits per heavy atom. The molecule has 0 saturated carbocycles. The molecule has 3 N–H and O–H groups in total. The molecule has 32 heavy (non-hydrogen) atoms. The van der Waals surface area contributed by atoms with Gasteiger partial charge in [0, 0.05) is 18.5 Å². The quantitative estimate of drug-likeness (QED) is 0.400. The third kappa shape index (κ3) is 7.04. The third-order valence-electron chi connectivity index (χ3n) is 3.83. The number of allylic oxidation sites excluding steroid dienone is 2. The molecule has 0 radical (unpaired) electrons. The van der Waals surface area contributed by atoms with Gasteiger partial charge in [0.1, 0.15) is 10.8 Å². The van der Waals surface area contributed by atoms with Crippen LogP contribution >= 0.6 is 23.2 Å². The van der Waals surface area contributed by atoms with E-state index in [0.717, 1.165) is 10.8 Å². The molecule has 0 bridgehead atoms. The number of hydrogen-bond acceptors (Lipinski definition) is 8. The maximum absolute atomic E-state index is 14.2. The van der Waals surface area contributed by atoms with Crippen molar-refractivity contribution in [1.82, 2.24) is 24.5 Å². The molecule has 1 unspecified atom stereocenters. The molecule has 2 aromatic rings. The van der Waals surface area contributed by atoms with Crippen molar-refractivity contribution in [2.45, 2.75) is 53.1 Å². The van der Waals surface area contributed by atoms with Crippen molar-refractivity contribution in [3.8, 4) is 0 Å². The second kappa shape index (κ2) is 12.0. The number of halogens is 3. The number of nitrogens with zero attached hydrogens (tertiary/aromatic N) is 6. The molecule has 0 fully saturated rings. The van der Waals surface area contributed by atoms with E-state index in [9.17, 15) is 9.18 Å². The monoisotopic (exact) mass is 490 g/mol. The Morgan fingerprint density at radius 2 is 2.00 bits per heavy atom. The molecular weight excluding hydrogens is 466 g/mol. The summed E-state index contributed by atoms with van der Waals surface area (Å²) in [7, 11) is 0. The summed E-state index contributed by atoms with van der Waals surface area (Å²) in [5.74, 6) is -1.24. The van der Waals surface area contributed by atoms with Crippen LogP contribution < -0.4 is 5.56 Å². The van der Waals surface area contributed by atoms with E-state index in [4.69, 9.17) is 38.5 Å². The fourth-order valence-corrected chi connectivity index (χ4v) is 2.85. The maximum atomic E-state index is 14.2. The van der Waals surface area contributed by atoms with Crippen molar-refractivity contribution in [2.24, 2.45) is 4.99 Å². The number of hydrogen-bond donors (Lipinski definition) is 3. The van der Waals surface area contributed by atoms with Gasteiger partial charge in [0.2, 0.25) is 0 Å². The summed E-state index contributed by atoms with van der Waals surface area (Å²) >= 11 is 11.9. The topological polar surface area (TPSA) is 139 Å². The SMILES string of the molecule is C/C=C/N=C(Cl)/C(F)=C/n1c(C)nc(C(C)Cc2cnn(C(O)(O)O)n2)c(Cl)c1=O.CC. The first-order valence-electron chi connectivity index (χ1n) is 9.55. The van der Waals surface area contributed by atoms with Crippen LogP contribution in [0.5, 0.6) is 0 Å². The molecular formula is C19H25Cl2FN6O4. The Balaban J connectivity index is 0.00000249. The van der Waals surface area contributed by atoms with Gasteiger partial charge < -0.3 is 15.3 Å². The Kier molecular flexibility index (Phi) is 10.3. The molecule has 0 aliphatic rings. The minimum Gasteiger partial charge on any atom is -0.323 e. The van der Waals surface area contributed by atoms with Crippen LogP contribution in [0.3, 0.4) is 0 Å². The van der Waals surface area contributed by atoms with Gasteiger partial charge in [-0.1, -0.05) is 54.8 Å². The summed E-state index contributed by atoms with van der Waals surface area (Å²) < 4.78 is 15.1. The number of rotatable bonds is 7. The average molecular weight is 491 g/mol. The number of aryl methyl sites for hydroxylation is 1. The largest absolute Gasteiger partial charge is 0.405 e. The van der Waals surface area contributed by atoms with Gasteiger partial charge in [-0.25, -0.2) is 14.4 Å². The van der Waals surface area contributed by atoms with E-state index in [2.05, 4.69) is 20.2 Å². The molecule has 2 heterocycles. The van der Waals surface area contributed by atoms with E-state index in [1.807, 2.05) is 13.8 Å². The first-order chi connectivity index (χ1) is 15.0. The van der Waals surface area contributed by atoms with Gasteiger partial charge in [-0.2, -0.15) is 10.2 Å². The fourth-order valence-electron chi connectivity index (χ4n) is 2.43. The molecule has 0 aromatic carbocycles. The summed E-state index contributed by atoms with van der Waals surface area (Å²) in [5, 5.41) is 33.8. The van der Waals surface area contributed by atoms with Gasteiger partial charge in [0.25, 0.3) is 5.56 Å². The second-order valence-electron chi connectivity index (χ2n) is 6.24. The normalized spacial score (nSPS) is 13.8. The highest BCUT2D eigenvalue weighted by molar-refractivity contribution is 6.69. The zero-order valence-corrected chi connectivity index (χ0v) is 19.7. The molecule has 0 saturated heterocycles. The van der Waals surface area contributed by atoms with E-state index >= 15 is 0 Å². The van der Waals surface area contributed by atoms with Crippen LogP contribution in [0.2, 0.25) is 5.02 Å². The van der Waals surface area contributed by atoms with Crippen LogP contribution in [0.15, 0.2) is 34.1 Å². The minimum atomic E-state index is -3.23. The molecule has 2 aromatic heterocycles. The van der Waals surface area contributed by atoms with Crippen LogP contribution in [-0.4, -0.2) is 45.0 Å². The lowest BCUT2D eigenvalue weighted by Gasteiger charge is -2.14. The predicted octanol–water partition coefficient (Wildman–Crippen LogP) is 2.65. The van der Waals surface area contributed by atoms with E-state index in [0.29, 0.717) is 4.80 Å². The molecule has 1 atom stereocenters. The fraction of sp³-hybridized carbons (Fsp3) is 0.421. The molecule has 13 heteroatoms. The van der Waals surface area contributed by atoms with Gasteiger partial charge in [0.15, 0.2) is 11.0 Å². The Hall–Kier alpha value is -2.44. The molecule has 2 rings (SSSR count). The van der Waals surface area contributed by atoms with Gasteiger partial charge in [-0.3, -0.25) is 9.36 Å². The second-order valence-corrected chi connectivity index (χ2v) is 6.98. The zero-order chi connectivity index (χ0) is 24.6. The summed E-state index contributed by atoms with van der Waals surface area (Å²) in [6, 6.07) is 0. The van der Waals surface area contributed by atoms with Gasteiger partial charge in [-0.05, 0) is 13.8 Å². The van der Waals surface area contributed by atoms with Crippen LogP contribution in [0.1, 0.15) is 50.8 Å². The average Bonchev–Trinajstić information content (AvgIpc) is 3.22. The summed E-state index contributed by atoms with van der Waals surface area (Å²) in [6.45, 7) is 8.88. The van der Waals surface area contributed by atoms with Crippen LogP contribution in [0.25, 0.3) is 6.20 Å². The number of aliphatic hydroxyl groups is 3. The van der Waals surface area contributed by atoms with Gasteiger partial charge in [-0.15, -0.1) is 0 Å². The molecule has 0 aliphatic heterocycles. The lowest BCUT2D eigenvalue weighted by Crippen LogP contribution is -2.34. The maximum Gasteiger partial charge on any atom is 0.405 e. The lowest BCUT2D eigenvalue weighted by atomic mass is 10.0. The van der Waals surface area contributed by atoms with Crippen LogP contribution in [-0.2, 0) is 12.5 Å². The van der Waals surface area contributed by atoms with Crippen LogP contribution in [0, 0.1) is 6.92 Å². The van der Waals surface area contributed by atoms with Gasteiger partial charge in [0.05, 0.1) is 23.8 Å². The highest BCUT2D eigenvalue weighted by Gasteiger charge is 2.25. The standard InChI is InChI=1S/C17H19Cl2FN6O4.C2H6/c1-4-5-21-15(19)12(20)8-25-10(3)23-14(13(18)16(25)27)9(2)6-11-7-22-26(24-11)17(28,29)30;1-2/h4-5,7-9,28-30H,6H2,1-3H3;1-2H3/b5-4+,12-8-,21-15-;. The van der Waals surface area contributed by atoms with E-state index < -0.39 is 28.6 Å². The molecule has 0 spiro atoms. The summed E-state index contributed by atoms with van der Waals surface area (Å²) in [6.07, 6.45) is 1.84. The van der Waals surface area contributed by atoms with E-state index in [-0.39, 0.29) is 28.7 Å². The first-order valence-corrected chi connectivity index (χ1v) is 10.3. The van der Waals surface area contributed by atoms with Crippen molar-refractivity contribution < 1.29 is 19.7 Å². The highest BCUT2D eigenvalue weighted by Crippen LogP contribution is 2.23. The third-order valence-corrected chi connectivity index (χ3v) is 4.46. The Labute approximate surface area is 194 Å². The molecule has 10 nitrogen and oxygen atoms in total. The lowest BCUT2D eigenvalue weighted by molar-refractivity contribution is -0.387. The zero-order valence-electron chi connectivity index (χ0n) is 18.2. The molecule has 176 valence electrons. The van der Waals surface area contributed by atoms with Crippen LogP contribution in [0.4, 0.5) is 4.39 Å². The minimum absolute atomic E-state index is 0.153. The smallest absolute Gasteiger partial charge is 0.323 e. The van der Waals surface area contributed by atoms with E-state index in [1.54, 1.807) is 19.9 Å². The predicted molar refractivity (Wildman–Crippen MR) is 120 cm³/mol. The van der Waals surface area contributed by atoms with E-state index in [1.165, 1.54) is 19.3 Å². The Bertz CT molecular complexity index is 1070. The van der Waals surface area contributed by atoms with Crippen molar-refractivity contribution in [3.63, 3.8) is 0 Å². The van der Waals surface area contributed by atoms with Crippen molar-refractivity contribution in [3.05, 3.63) is 56.9 Å². The van der Waals surface area contributed by atoms with Crippen molar-refractivity contribution >= 4 is 34.6 Å². The summed E-state index contributed by atoms with van der Waals surface area (Å²) in [4.78, 5) is 20.9. The van der Waals surface area contributed by atoms with Crippen molar-refractivity contribution in [2.75, 3.05) is 0 Å². The number of aromatic nitrogens is 5.